The molecule has 0 aromatic heterocycles. The van der Waals surface area contributed by atoms with Gasteiger partial charge in [-0.05, 0) is 80.3 Å². The van der Waals surface area contributed by atoms with Crippen LogP contribution in [0.25, 0.3) is 0 Å². The first kappa shape index (κ1) is 24.1. The van der Waals surface area contributed by atoms with Crippen LogP contribution >= 0.6 is 0 Å². The second-order valence-electron chi connectivity index (χ2n) is 9.99. The maximum Gasteiger partial charge on any atom is 0.0310 e. The lowest BCUT2D eigenvalue weighted by atomic mass is 10.1. The van der Waals surface area contributed by atoms with E-state index in [0.717, 1.165) is 31.2 Å². The first-order chi connectivity index (χ1) is 13.3. The van der Waals surface area contributed by atoms with Crippen molar-refractivity contribution in [2.24, 2.45) is 0 Å². The first-order valence-corrected chi connectivity index (χ1v) is 12.0. The van der Waals surface area contributed by atoms with E-state index in [4.69, 9.17) is 0 Å². The molecule has 1 spiro atoms. The topological polar surface area (TPSA) is 33.8 Å². The van der Waals surface area contributed by atoms with Gasteiger partial charge in [0.25, 0.3) is 0 Å². The summed E-state index contributed by atoms with van der Waals surface area (Å²) in [5, 5.41) is 6.94. The molecule has 0 atom stereocenters. The molecule has 1 saturated carbocycles. The zero-order chi connectivity index (χ0) is 20.6. The summed E-state index contributed by atoms with van der Waals surface area (Å²) in [6, 6.07) is 2.24. The van der Waals surface area contributed by atoms with Crippen LogP contribution in [0.1, 0.15) is 67.2 Å². The summed E-state index contributed by atoms with van der Waals surface area (Å²) in [4.78, 5) is 7.61. The van der Waals surface area contributed by atoms with Crippen LogP contribution < -0.4 is 10.6 Å². The zero-order valence-electron chi connectivity index (χ0n) is 19.8. The Hall–Kier alpha value is -0.200. The van der Waals surface area contributed by atoms with Gasteiger partial charge in [0.15, 0.2) is 0 Å². The second-order valence-corrected chi connectivity index (χ2v) is 9.99. The van der Waals surface area contributed by atoms with Gasteiger partial charge in [0.05, 0.1) is 0 Å². The summed E-state index contributed by atoms with van der Waals surface area (Å²) in [5.74, 6) is 0. The molecular formula is C23H49N5. The average molecular weight is 396 g/mol. The van der Waals surface area contributed by atoms with Gasteiger partial charge in [-0.3, -0.25) is 9.80 Å². The predicted octanol–water partition coefficient (Wildman–Crippen LogP) is 2.62. The molecule has 166 valence electrons. The van der Waals surface area contributed by atoms with E-state index in [-0.39, 0.29) is 0 Å². The van der Waals surface area contributed by atoms with E-state index in [0.29, 0.717) is 5.54 Å². The fraction of sp³-hybridized carbons (Fsp3) is 1.00. The third-order valence-electron chi connectivity index (χ3n) is 6.74. The maximum atomic E-state index is 3.61. The van der Waals surface area contributed by atoms with Crippen LogP contribution in [-0.2, 0) is 0 Å². The van der Waals surface area contributed by atoms with Crippen molar-refractivity contribution in [2.45, 2.75) is 90.9 Å². The van der Waals surface area contributed by atoms with E-state index in [1.165, 1.54) is 71.5 Å². The van der Waals surface area contributed by atoms with E-state index >= 15 is 0 Å². The van der Waals surface area contributed by atoms with Crippen molar-refractivity contribution in [1.29, 1.82) is 0 Å². The van der Waals surface area contributed by atoms with Gasteiger partial charge in [-0.2, -0.15) is 0 Å². The smallest absolute Gasteiger partial charge is 0.0310 e. The fourth-order valence-corrected chi connectivity index (χ4v) is 4.37. The highest BCUT2D eigenvalue weighted by Crippen LogP contribution is 2.37. The maximum absolute atomic E-state index is 3.61. The monoisotopic (exact) mass is 395 g/mol. The SMILES string of the molecule is CC(C)N1CCCC1.CC(C)N1CCNC2(CC2)C1.CC(C)N1CCNCC1. The fourth-order valence-electron chi connectivity index (χ4n) is 4.37. The molecule has 0 amide bonds. The molecule has 4 aliphatic rings. The molecule has 3 aliphatic heterocycles. The van der Waals surface area contributed by atoms with Crippen molar-refractivity contribution in [2.75, 3.05) is 58.9 Å². The first-order valence-electron chi connectivity index (χ1n) is 12.0. The zero-order valence-corrected chi connectivity index (χ0v) is 19.8. The number of nitrogens with zero attached hydrogens (tertiary/aromatic N) is 3. The van der Waals surface area contributed by atoms with Crippen molar-refractivity contribution in [3.05, 3.63) is 0 Å². The molecule has 3 heterocycles. The molecule has 1 aliphatic carbocycles. The van der Waals surface area contributed by atoms with Gasteiger partial charge in [0, 0.05) is 69.5 Å². The Morgan fingerprint density at radius 2 is 1.07 bits per heavy atom. The van der Waals surface area contributed by atoms with Gasteiger partial charge < -0.3 is 15.5 Å². The van der Waals surface area contributed by atoms with Crippen LogP contribution in [0.15, 0.2) is 0 Å². The van der Waals surface area contributed by atoms with E-state index in [9.17, 15) is 0 Å². The number of rotatable bonds is 3. The number of hydrogen-bond donors (Lipinski definition) is 2. The average Bonchev–Trinajstić information content (AvgIpc) is 3.20. The minimum atomic E-state index is 0.558. The molecular weight excluding hydrogens is 346 g/mol. The summed E-state index contributed by atoms with van der Waals surface area (Å²) in [6.45, 7) is 24.8. The summed E-state index contributed by atoms with van der Waals surface area (Å²) >= 11 is 0. The summed E-state index contributed by atoms with van der Waals surface area (Å²) in [6.07, 6.45) is 5.63. The Bertz CT molecular complexity index is 407. The molecule has 0 unspecified atom stereocenters. The molecule has 4 rings (SSSR count). The van der Waals surface area contributed by atoms with E-state index < -0.39 is 0 Å². The number of piperazine rings is 2. The molecule has 0 radical (unpaired) electrons. The molecule has 3 saturated heterocycles. The van der Waals surface area contributed by atoms with Gasteiger partial charge in [-0.25, -0.2) is 0 Å². The number of nitrogens with one attached hydrogen (secondary N) is 2. The highest BCUT2D eigenvalue weighted by molar-refractivity contribution is 5.06. The molecule has 2 N–H and O–H groups in total. The van der Waals surface area contributed by atoms with Crippen LogP contribution in [0.4, 0.5) is 0 Å². The molecule has 0 aromatic carbocycles. The summed E-state index contributed by atoms with van der Waals surface area (Å²) < 4.78 is 0. The number of hydrogen-bond acceptors (Lipinski definition) is 5. The summed E-state index contributed by atoms with van der Waals surface area (Å²) in [5.41, 5.74) is 0.558. The third kappa shape index (κ3) is 8.27. The van der Waals surface area contributed by atoms with E-state index in [1.54, 1.807) is 0 Å². The highest BCUT2D eigenvalue weighted by Gasteiger charge is 2.45. The van der Waals surface area contributed by atoms with Gasteiger partial charge in [0.2, 0.25) is 0 Å². The highest BCUT2D eigenvalue weighted by atomic mass is 15.3. The Kier molecular flexibility index (Phi) is 10.2. The van der Waals surface area contributed by atoms with Crippen molar-refractivity contribution < 1.29 is 0 Å². The Labute approximate surface area is 175 Å². The standard InChI is InChI=1S/C9H18N2.C7H16N2.C7H15N/c1-8(2)11-6-5-10-9(7-11)3-4-9;1-7(2)9-5-3-8-4-6-9;1-7(2)8-5-3-4-6-8/h8,10H,3-7H2,1-2H3;7-8H,3-6H2,1-2H3;7H,3-6H2,1-2H3. The predicted molar refractivity (Wildman–Crippen MR) is 122 cm³/mol. The van der Waals surface area contributed by atoms with Crippen LogP contribution in [0, 0.1) is 0 Å². The molecule has 5 heteroatoms. The molecule has 0 aromatic rings. The molecule has 0 bridgehead atoms. The van der Waals surface area contributed by atoms with Gasteiger partial charge >= 0.3 is 0 Å². The normalized spacial score (nSPS) is 25.6. The van der Waals surface area contributed by atoms with Crippen LogP contribution in [0.2, 0.25) is 0 Å². The molecule has 5 nitrogen and oxygen atoms in total. The lowest BCUT2D eigenvalue weighted by molar-refractivity contribution is 0.153. The molecule has 4 fully saturated rings. The van der Waals surface area contributed by atoms with Crippen LogP contribution in [0.3, 0.4) is 0 Å². The van der Waals surface area contributed by atoms with Crippen molar-refractivity contribution >= 4 is 0 Å². The van der Waals surface area contributed by atoms with Crippen molar-refractivity contribution in [1.82, 2.24) is 25.3 Å². The Morgan fingerprint density at radius 1 is 0.607 bits per heavy atom. The van der Waals surface area contributed by atoms with E-state index in [2.05, 4.69) is 66.9 Å². The lowest BCUT2D eigenvalue weighted by Gasteiger charge is -2.36. The quantitative estimate of drug-likeness (QED) is 0.768. The van der Waals surface area contributed by atoms with Gasteiger partial charge in [-0.1, -0.05) is 0 Å². The Balaban J connectivity index is 0.000000153. The largest absolute Gasteiger partial charge is 0.314 e. The lowest BCUT2D eigenvalue weighted by Crippen LogP contribution is -2.54. The minimum absolute atomic E-state index is 0.558. The van der Waals surface area contributed by atoms with Crippen molar-refractivity contribution in [3.8, 4) is 0 Å². The third-order valence-corrected chi connectivity index (χ3v) is 6.74. The van der Waals surface area contributed by atoms with Crippen molar-refractivity contribution in [3.63, 3.8) is 0 Å². The van der Waals surface area contributed by atoms with Gasteiger partial charge in [0.1, 0.15) is 0 Å². The van der Waals surface area contributed by atoms with Crippen LogP contribution in [-0.4, -0.2) is 97.3 Å². The van der Waals surface area contributed by atoms with Crippen LogP contribution in [0.5, 0.6) is 0 Å². The second kappa shape index (κ2) is 11.8. The van der Waals surface area contributed by atoms with Gasteiger partial charge in [-0.15, -0.1) is 0 Å². The molecule has 28 heavy (non-hydrogen) atoms. The number of likely N-dealkylation sites (tertiary alicyclic amines) is 1. The summed E-state index contributed by atoms with van der Waals surface area (Å²) in [7, 11) is 0. The minimum Gasteiger partial charge on any atom is -0.314 e. The van der Waals surface area contributed by atoms with E-state index in [1.807, 2.05) is 0 Å². The Morgan fingerprint density at radius 3 is 1.46 bits per heavy atom.